The van der Waals surface area contributed by atoms with Crippen LogP contribution in [0.3, 0.4) is 0 Å². The zero-order valence-corrected chi connectivity index (χ0v) is 12.6. The molecule has 0 spiro atoms. The van der Waals surface area contributed by atoms with Crippen molar-refractivity contribution in [2.75, 3.05) is 13.2 Å². The van der Waals surface area contributed by atoms with Gasteiger partial charge in [-0.15, -0.1) is 0 Å². The van der Waals surface area contributed by atoms with E-state index in [1.54, 1.807) is 0 Å². The molecule has 0 amide bonds. The molecule has 7 nitrogen and oxygen atoms in total. The number of hydrogen-bond acceptors (Lipinski definition) is 7. The van der Waals surface area contributed by atoms with Crippen molar-refractivity contribution in [3.8, 4) is 0 Å². The Hall–Kier alpha value is 0.0171. The topological polar surface area (TPSA) is 122 Å². The fraction of sp³-hybridized carbons (Fsp3) is 0.333. The van der Waals surface area contributed by atoms with Crippen LogP contribution in [-0.4, -0.2) is 32.5 Å². The Bertz CT molecular complexity index is 291. The number of ether oxygens (including phenoxy) is 2. The van der Waals surface area contributed by atoms with E-state index in [-0.39, 0.29) is 82.5 Å². The maximum Gasteiger partial charge on any atom is 1.00 e. The van der Waals surface area contributed by atoms with Crippen molar-refractivity contribution >= 4 is 19.3 Å². The molecule has 0 fully saturated rings. The van der Waals surface area contributed by atoms with Crippen molar-refractivity contribution in [3.05, 3.63) is 24.8 Å². The summed E-state index contributed by atoms with van der Waals surface area (Å²) in [5.41, 5.74) is 0. The monoisotopic (exact) mass is 300 g/mol. The van der Waals surface area contributed by atoms with Gasteiger partial charge in [0.25, 0.3) is 0 Å². The van der Waals surface area contributed by atoms with Gasteiger partial charge in [0.1, 0.15) is 19.6 Å². The molecule has 0 aromatic heterocycles. The molecule has 0 aliphatic rings. The van der Waals surface area contributed by atoms with Crippen molar-refractivity contribution in [1.29, 1.82) is 0 Å². The predicted octanol–water partition coefficient (Wildman–Crippen LogP) is -11.5. The molecule has 108 valence electrons. The third-order valence-corrected chi connectivity index (χ3v) is 1.15. The molecule has 0 atom stereocenters. The average Bonchev–Trinajstić information content (AvgIpc) is 2.29. The molecular formula is C9H10BF2Li3O7. The van der Waals surface area contributed by atoms with Crippen LogP contribution >= 0.6 is 0 Å². The van der Waals surface area contributed by atoms with Gasteiger partial charge in [-0.3, -0.25) is 16.9 Å². The normalized spacial score (nSPS) is 8.59. The number of halogens is 2. The Labute approximate surface area is 162 Å². The summed E-state index contributed by atoms with van der Waals surface area (Å²) in [5, 5.41) is 25.2. The Balaban J connectivity index is -0.000000123. The van der Waals surface area contributed by atoms with Gasteiger partial charge < -0.3 is 24.5 Å². The van der Waals surface area contributed by atoms with E-state index in [1.807, 2.05) is 0 Å². The second-order valence-electron chi connectivity index (χ2n) is 2.55. The molecule has 13 heteroatoms. The predicted molar refractivity (Wildman–Crippen MR) is 52.8 cm³/mol. The van der Waals surface area contributed by atoms with E-state index in [0.717, 1.165) is 12.2 Å². The van der Waals surface area contributed by atoms with Gasteiger partial charge in [-0.1, -0.05) is 0 Å². The minimum atomic E-state index is -2.92. The van der Waals surface area contributed by atoms with E-state index in [1.165, 1.54) is 0 Å². The number of rotatable bonds is 6. The molecule has 0 bridgehead atoms. The van der Waals surface area contributed by atoms with Crippen molar-refractivity contribution in [1.82, 2.24) is 0 Å². The van der Waals surface area contributed by atoms with Crippen LogP contribution in [0, 0.1) is 0 Å². The van der Waals surface area contributed by atoms with Crippen LogP contribution in [-0.2, 0) is 19.1 Å². The molecular weight excluding hydrogens is 290 g/mol. The minimum Gasteiger partial charge on any atom is -0.907 e. The van der Waals surface area contributed by atoms with Crippen molar-refractivity contribution in [2.24, 2.45) is 0 Å². The van der Waals surface area contributed by atoms with Gasteiger partial charge in [-0.05, 0) is 12.2 Å². The molecule has 0 saturated heterocycles. The van der Waals surface area contributed by atoms with Crippen LogP contribution in [0.15, 0.2) is 24.8 Å². The molecule has 0 N–H and O–H groups in total. The molecule has 0 heterocycles. The summed E-state index contributed by atoms with van der Waals surface area (Å²) in [7, 11) is -2.92. The van der Waals surface area contributed by atoms with E-state index in [2.05, 4.69) is 9.47 Å². The van der Waals surface area contributed by atoms with Crippen LogP contribution in [0.5, 0.6) is 0 Å². The maximum atomic E-state index is 11.4. The van der Waals surface area contributed by atoms with Crippen molar-refractivity contribution < 1.29 is 99.5 Å². The molecule has 0 saturated carbocycles. The van der Waals surface area contributed by atoms with E-state index in [0.29, 0.717) is 0 Å². The summed E-state index contributed by atoms with van der Waals surface area (Å²) in [6.45, 7) is -0.486. The van der Waals surface area contributed by atoms with Crippen LogP contribution in [0.4, 0.5) is 8.78 Å². The fourth-order valence-electron chi connectivity index (χ4n) is 0.575. The van der Waals surface area contributed by atoms with Gasteiger partial charge in [0.15, 0.2) is 0 Å². The standard InChI is InChI=1S/C9H10F2O4.BO3.3Li/c10-3-1-5-14-8(12)7-9(13)15-6-2-4-11;2-1(3)4;;;/h1-4H,5-7H2;;;;/q;-3;3*+1. The van der Waals surface area contributed by atoms with Crippen LogP contribution in [0.1, 0.15) is 6.42 Å². The summed E-state index contributed by atoms with van der Waals surface area (Å²) in [6.07, 6.45) is 1.79. The third-order valence-electron chi connectivity index (χ3n) is 1.15. The molecule has 0 unspecified atom stereocenters. The zero-order chi connectivity index (χ0) is 15.1. The smallest absolute Gasteiger partial charge is 0.907 e. The minimum absolute atomic E-state index is 0. The van der Waals surface area contributed by atoms with Crippen LogP contribution in [0.2, 0.25) is 0 Å². The number of carbonyl (C=O) groups is 2. The molecule has 22 heavy (non-hydrogen) atoms. The van der Waals surface area contributed by atoms with Gasteiger partial charge in [0.2, 0.25) is 0 Å². The number of esters is 2. The van der Waals surface area contributed by atoms with Gasteiger partial charge >= 0.3 is 68.5 Å². The van der Waals surface area contributed by atoms with Crippen molar-refractivity contribution in [3.63, 3.8) is 0 Å². The SMILES string of the molecule is O=C(CC(=O)OCC=CF)OCC=CF.[Li+].[Li+].[Li+].[O-]B([O-])[O-]. The summed E-state index contributed by atoms with van der Waals surface area (Å²) in [6, 6.07) is 0. The summed E-state index contributed by atoms with van der Waals surface area (Å²) in [4.78, 5) is 21.6. The number of hydrogen-bond donors (Lipinski definition) is 0. The molecule has 0 rings (SSSR count). The van der Waals surface area contributed by atoms with Gasteiger partial charge in [0.05, 0.1) is 12.7 Å². The Kier molecular flexibility index (Phi) is 39.6. The second-order valence-corrected chi connectivity index (χ2v) is 2.55. The Morgan fingerprint density at radius 2 is 1.14 bits per heavy atom. The molecule has 0 aliphatic heterocycles. The van der Waals surface area contributed by atoms with E-state index in [4.69, 9.17) is 15.1 Å². The zero-order valence-electron chi connectivity index (χ0n) is 12.6. The van der Waals surface area contributed by atoms with E-state index >= 15 is 0 Å². The van der Waals surface area contributed by atoms with Crippen LogP contribution < -0.4 is 71.7 Å². The Morgan fingerprint density at radius 1 is 0.864 bits per heavy atom. The van der Waals surface area contributed by atoms with E-state index in [9.17, 15) is 18.4 Å². The fourth-order valence-corrected chi connectivity index (χ4v) is 0.575. The largest absolute Gasteiger partial charge is 1.00 e. The molecule has 0 aromatic carbocycles. The first kappa shape index (κ1) is 33.6. The Morgan fingerprint density at radius 3 is 1.36 bits per heavy atom. The average molecular weight is 300 g/mol. The summed E-state index contributed by atoms with van der Waals surface area (Å²) < 4.78 is 31.6. The maximum absolute atomic E-state index is 11.4. The molecule has 0 radical (unpaired) electrons. The van der Waals surface area contributed by atoms with Gasteiger partial charge in [-0.2, -0.15) is 0 Å². The number of carbonyl (C=O) groups excluding carboxylic acids is 2. The quantitative estimate of drug-likeness (QED) is 0.271. The molecule has 0 aliphatic carbocycles. The molecule has 0 aromatic rings. The third kappa shape index (κ3) is 36.8. The second kappa shape index (κ2) is 25.9. The van der Waals surface area contributed by atoms with Gasteiger partial charge in [0, 0.05) is 0 Å². The van der Waals surface area contributed by atoms with Crippen molar-refractivity contribution in [2.45, 2.75) is 6.42 Å². The first-order valence-corrected chi connectivity index (χ1v) is 4.73. The first-order chi connectivity index (χ1) is 8.93. The van der Waals surface area contributed by atoms with E-state index < -0.39 is 25.7 Å². The summed E-state index contributed by atoms with van der Waals surface area (Å²) in [5.74, 6) is -1.66. The first-order valence-electron chi connectivity index (χ1n) is 4.73. The van der Waals surface area contributed by atoms with Gasteiger partial charge in [-0.25, -0.2) is 8.78 Å². The summed E-state index contributed by atoms with van der Waals surface area (Å²) >= 11 is 0. The van der Waals surface area contributed by atoms with Crippen LogP contribution in [0.25, 0.3) is 0 Å².